The van der Waals surface area contributed by atoms with Crippen molar-refractivity contribution >= 4 is 89.6 Å². The van der Waals surface area contributed by atoms with Gasteiger partial charge in [0.25, 0.3) is 0 Å². The van der Waals surface area contributed by atoms with E-state index in [2.05, 4.69) is 41.2 Å². The molecule has 0 spiro atoms. The second-order valence-electron chi connectivity index (χ2n) is 12.0. The van der Waals surface area contributed by atoms with E-state index >= 15 is 35.1 Å². The van der Waals surface area contributed by atoms with E-state index in [0.717, 1.165) is 0 Å². The fraction of sp³-hybridized carbons (Fsp3) is 0. The molecule has 4 aromatic heterocycles. The van der Waals surface area contributed by atoms with Crippen LogP contribution in [0.5, 0.6) is 0 Å². The van der Waals surface area contributed by atoms with Gasteiger partial charge in [0.15, 0.2) is 93.1 Å². The highest BCUT2D eigenvalue weighted by atomic mass is 19.2. The zero-order valence-electron chi connectivity index (χ0n) is 26.0. The van der Waals surface area contributed by atoms with Gasteiger partial charge in [0, 0.05) is 0 Å². The van der Waals surface area contributed by atoms with Gasteiger partial charge in [0.1, 0.15) is 46.5 Å². The topological polar surface area (TPSA) is 111 Å². The molecule has 0 fully saturated rings. The Balaban J connectivity index is 1.45. The lowest BCUT2D eigenvalue weighted by atomic mass is 10.1. The second-order valence-corrected chi connectivity index (χ2v) is 12.0. The van der Waals surface area contributed by atoms with Crippen LogP contribution in [0.25, 0.3) is 43.1 Å². The maximum absolute atomic E-state index is 15.5. The van der Waals surface area contributed by atoms with Gasteiger partial charge in [-0.25, -0.2) is 70.2 Å². The monoisotopic (exact) mass is 808 g/mol. The van der Waals surface area contributed by atoms with Gasteiger partial charge in [-0.05, 0) is 0 Å². The number of hydrogen-bond donors (Lipinski definition) is 8. The van der Waals surface area contributed by atoms with Crippen molar-refractivity contribution in [3.63, 3.8) is 0 Å². The largest absolute Gasteiger partial charge is 0.327 e. The number of anilines is 8. The minimum atomic E-state index is -2.46. The van der Waals surface area contributed by atoms with Gasteiger partial charge in [-0.2, -0.15) is 0 Å². The first-order valence-electron chi connectivity index (χ1n) is 15.0. The Kier molecular flexibility index (Phi) is 7.05. The lowest BCUT2D eigenvalue weighted by Crippen LogP contribution is -2.01. The van der Waals surface area contributed by atoms with Crippen LogP contribution in [-0.4, -0.2) is 19.9 Å². The third kappa shape index (κ3) is 4.27. The molecule has 56 heavy (non-hydrogen) atoms. The van der Waals surface area contributed by atoms with E-state index in [1.807, 2.05) is 0 Å². The Hall–Kier alpha value is -6.88. The molecule has 8 nitrogen and oxygen atoms in total. The fourth-order valence-electron chi connectivity index (χ4n) is 6.65. The zero-order valence-corrected chi connectivity index (χ0v) is 26.0. The molecule has 0 amide bonds. The van der Waals surface area contributed by atoms with E-state index < -0.39 is 183 Å². The van der Waals surface area contributed by atoms with E-state index in [0.29, 0.717) is 0 Å². The van der Waals surface area contributed by atoms with Gasteiger partial charge in [0.05, 0.1) is 43.1 Å². The lowest BCUT2D eigenvalue weighted by molar-refractivity contribution is 0.418. The quantitative estimate of drug-likeness (QED) is 0.0443. The maximum atomic E-state index is 15.5. The summed E-state index contributed by atoms with van der Waals surface area (Å²) in [7, 11) is 0. The van der Waals surface area contributed by atoms with Crippen LogP contribution in [-0.2, 0) is 0 Å². The number of H-pyrrole nitrogens is 4. The Morgan fingerprint density at radius 2 is 0.268 bits per heavy atom. The number of fused-ring (bicyclic) bond motifs is 20. The number of hydrogen-bond acceptors (Lipinski definition) is 4. The number of aromatic nitrogens is 4. The second kappa shape index (κ2) is 11.3. The number of aromatic amines is 4. The molecule has 0 saturated carbocycles. The summed E-state index contributed by atoms with van der Waals surface area (Å²) >= 11 is 0. The van der Waals surface area contributed by atoms with Crippen LogP contribution < -0.4 is 21.3 Å². The summed E-state index contributed by atoms with van der Waals surface area (Å²) < 4.78 is 241. The SMILES string of the molecule is Fc1c(F)c(F)c2c3[nH]c(c2c1F)Nc1[nH]c(c2c(F)c(F)c(F)c(F)c12)Nc1[nH]c(c2c(F)c(F)c(F)c(F)c12)Nc1[nH]c(c2c(F)c(F)c(F)c(F)c12)N3. The van der Waals surface area contributed by atoms with E-state index in [1.165, 1.54) is 0 Å². The van der Waals surface area contributed by atoms with Crippen molar-refractivity contribution in [3.8, 4) is 0 Å². The van der Waals surface area contributed by atoms with Crippen molar-refractivity contribution in [3.05, 3.63) is 93.1 Å². The van der Waals surface area contributed by atoms with Crippen molar-refractivity contribution < 1.29 is 70.2 Å². The molecule has 0 unspecified atom stereocenters. The fourth-order valence-corrected chi connectivity index (χ4v) is 6.65. The summed E-state index contributed by atoms with van der Waals surface area (Å²) in [5, 5.41) is -2.19. The normalized spacial score (nSPS) is 12.9. The number of nitrogens with one attached hydrogen (secondary N) is 8. The van der Waals surface area contributed by atoms with Gasteiger partial charge in [-0.3, -0.25) is 0 Å². The van der Waals surface area contributed by atoms with Crippen molar-refractivity contribution in [1.29, 1.82) is 0 Å². The highest BCUT2D eigenvalue weighted by molar-refractivity contribution is 6.13. The predicted octanol–water partition coefficient (Wildman–Crippen LogP) is 11.1. The molecule has 8 N–H and O–H groups in total. The predicted molar refractivity (Wildman–Crippen MR) is 166 cm³/mol. The minimum absolute atomic E-state index is 1.07. The Bertz CT molecular complexity index is 2510. The Morgan fingerprint density at radius 3 is 0.375 bits per heavy atom. The third-order valence-corrected chi connectivity index (χ3v) is 9.07. The highest BCUT2D eigenvalue weighted by Crippen LogP contribution is 2.48. The van der Waals surface area contributed by atoms with Crippen molar-refractivity contribution in [2.75, 3.05) is 21.3 Å². The highest BCUT2D eigenvalue weighted by Gasteiger charge is 2.35. The molecule has 4 aromatic carbocycles. The van der Waals surface area contributed by atoms with Gasteiger partial charge >= 0.3 is 0 Å². The average molecular weight is 808 g/mol. The van der Waals surface area contributed by atoms with Crippen LogP contribution in [0.1, 0.15) is 0 Å². The molecule has 1 aliphatic rings. The van der Waals surface area contributed by atoms with Crippen molar-refractivity contribution in [2.45, 2.75) is 0 Å². The standard InChI is InChI=1S/C32H8F16N8/c33-9-1-2(10(34)18(42)17(9)41)26-49-25(1)53-27-3-4(12(36)20(44)19(43)11(3)35)29(50-27)55-31-7-8(16(40)24(48)23(47)15(7)39)32(52-31)56-30-6-5(28(51-30)54-26)13(37)21(45)22(46)14(6)38/h49-56H. The molecule has 9 rings (SSSR count). The number of rotatable bonds is 0. The van der Waals surface area contributed by atoms with E-state index in [1.54, 1.807) is 0 Å². The summed E-state index contributed by atoms with van der Waals surface area (Å²) in [5.41, 5.74) is 0. The Labute approximate surface area is 294 Å². The minimum Gasteiger partial charge on any atom is -0.327 e. The first-order chi connectivity index (χ1) is 26.4. The molecule has 0 radical (unpaired) electrons. The first-order valence-corrected chi connectivity index (χ1v) is 15.0. The van der Waals surface area contributed by atoms with Crippen LogP contribution in [0.3, 0.4) is 0 Å². The molecule has 8 aromatic rings. The summed E-state index contributed by atoms with van der Waals surface area (Å²) in [6.45, 7) is 0. The summed E-state index contributed by atoms with van der Waals surface area (Å²) in [5.74, 6) is -45.9. The molecular formula is C32H8F16N8. The molecule has 0 aliphatic carbocycles. The first kappa shape index (κ1) is 34.9. The zero-order chi connectivity index (χ0) is 40.1. The smallest absolute Gasteiger partial charge is 0.198 e. The summed E-state index contributed by atoms with van der Waals surface area (Å²) in [6.07, 6.45) is 0. The Morgan fingerprint density at radius 1 is 0.161 bits per heavy atom. The molecule has 1 aliphatic heterocycles. The number of halogens is 16. The molecular weight excluding hydrogens is 800 g/mol. The van der Waals surface area contributed by atoms with E-state index in [4.69, 9.17) is 0 Å². The van der Waals surface area contributed by atoms with Crippen LogP contribution >= 0.6 is 0 Å². The molecule has 24 heteroatoms. The molecule has 5 heterocycles. The average Bonchev–Trinajstić information content (AvgIpc) is 3.92. The van der Waals surface area contributed by atoms with Crippen molar-refractivity contribution in [1.82, 2.24) is 19.9 Å². The molecule has 288 valence electrons. The van der Waals surface area contributed by atoms with Gasteiger partial charge in [-0.15, -0.1) is 0 Å². The van der Waals surface area contributed by atoms with E-state index in [9.17, 15) is 35.1 Å². The number of benzene rings is 4. The van der Waals surface area contributed by atoms with Crippen molar-refractivity contribution in [2.24, 2.45) is 0 Å². The molecule has 0 saturated heterocycles. The van der Waals surface area contributed by atoms with Crippen LogP contribution in [0.4, 0.5) is 117 Å². The van der Waals surface area contributed by atoms with Crippen LogP contribution in [0.2, 0.25) is 0 Å². The van der Waals surface area contributed by atoms with Gasteiger partial charge in [-0.1, -0.05) is 0 Å². The summed E-state index contributed by atoms with van der Waals surface area (Å²) in [6, 6.07) is 0. The van der Waals surface area contributed by atoms with Gasteiger partial charge < -0.3 is 41.2 Å². The van der Waals surface area contributed by atoms with Gasteiger partial charge in [0.2, 0.25) is 0 Å². The third-order valence-electron chi connectivity index (χ3n) is 9.07. The maximum Gasteiger partial charge on any atom is 0.198 e. The van der Waals surface area contributed by atoms with Crippen LogP contribution in [0, 0.1) is 93.1 Å². The van der Waals surface area contributed by atoms with Crippen LogP contribution in [0.15, 0.2) is 0 Å². The summed E-state index contributed by atoms with van der Waals surface area (Å²) in [4.78, 5) is 8.55. The molecule has 8 bridgehead atoms. The lowest BCUT2D eigenvalue weighted by Gasteiger charge is -2.07. The van der Waals surface area contributed by atoms with E-state index in [-0.39, 0.29) is 0 Å². The molecule has 0 atom stereocenters.